The molecule has 1 heterocycles. The van der Waals surface area contributed by atoms with Gasteiger partial charge in [0.25, 0.3) is 0 Å². The van der Waals surface area contributed by atoms with E-state index in [0.29, 0.717) is 11.5 Å². The number of nitrogens with zero attached hydrogens (tertiary/aromatic N) is 3. The van der Waals surface area contributed by atoms with Gasteiger partial charge in [0.1, 0.15) is 5.75 Å². The molecule has 0 unspecified atom stereocenters. The molecule has 21 heavy (non-hydrogen) atoms. The first-order valence-corrected chi connectivity index (χ1v) is 7.04. The molecule has 0 radical (unpaired) electrons. The van der Waals surface area contributed by atoms with E-state index in [0.717, 1.165) is 21.1 Å². The topological polar surface area (TPSA) is 89.7 Å². The molecule has 2 aromatic carbocycles. The fourth-order valence-electron chi connectivity index (χ4n) is 1.86. The van der Waals surface area contributed by atoms with Crippen LogP contribution < -0.4 is 10.5 Å². The average Bonchev–Trinajstić information content (AvgIpc) is 3.04. The molecule has 0 aliphatic carbocycles. The summed E-state index contributed by atoms with van der Waals surface area (Å²) < 4.78 is 5.24. The quantitative estimate of drug-likeness (QED) is 0.720. The third-order valence-corrected chi connectivity index (χ3v) is 4.06. The smallest absolute Gasteiger partial charge is 0.205 e. The SMILES string of the molecule is COc1ccc(N)c(Sc2ccccc2-c2nn[nH]n2)c1. The summed E-state index contributed by atoms with van der Waals surface area (Å²) >= 11 is 1.54. The van der Waals surface area contributed by atoms with Crippen LogP contribution in [0.5, 0.6) is 5.75 Å². The van der Waals surface area contributed by atoms with Crippen LogP contribution in [0.3, 0.4) is 0 Å². The van der Waals surface area contributed by atoms with E-state index in [1.54, 1.807) is 18.9 Å². The van der Waals surface area contributed by atoms with Gasteiger partial charge in [-0.25, -0.2) is 0 Å². The minimum Gasteiger partial charge on any atom is -0.497 e. The molecule has 0 aliphatic heterocycles. The van der Waals surface area contributed by atoms with E-state index in [2.05, 4.69) is 20.6 Å². The lowest BCUT2D eigenvalue weighted by molar-refractivity contribution is 0.414. The number of H-pyrrole nitrogens is 1. The molecule has 3 N–H and O–H groups in total. The van der Waals surface area contributed by atoms with E-state index in [1.807, 2.05) is 42.5 Å². The second-order valence-corrected chi connectivity index (χ2v) is 5.32. The lowest BCUT2D eigenvalue weighted by Gasteiger charge is -2.10. The predicted molar refractivity (Wildman–Crippen MR) is 81.1 cm³/mol. The van der Waals surface area contributed by atoms with Gasteiger partial charge >= 0.3 is 0 Å². The van der Waals surface area contributed by atoms with E-state index in [9.17, 15) is 0 Å². The molecule has 3 aromatic rings. The average molecular weight is 299 g/mol. The van der Waals surface area contributed by atoms with Gasteiger partial charge in [0.15, 0.2) is 0 Å². The zero-order valence-electron chi connectivity index (χ0n) is 11.3. The number of tetrazole rings is 1. The maximum Gasteiger partial charge on any atom is 0.205 e. The Kier molecular flexibility index (Phi) is 3.74. The highest BCUT2D eigenvalue weighted by Gasteiger charge is 2.12. The predicted octanol–water partition coefficient (Wildman–Crippen LogP) is 2.61. The molecule has 3 rings (SSSR count). The van der Waals surface area contributed by atoms with Crippen LogP contribution in [0.1, 0.15) is 0 Å². The van der Waals surface area contributed by atoms with Gasteiger partial charge in [0.2, 0.25) is 5.82 Å². The van der Waals surface area contributed by atoms with Crippen molar-refractivity contribution in [1.29, 1.82) is 0 Å². The number of anilines is 1. The Bertz CT molecular complexity index is 745. The molecule has 0 spiro atoms. The van der Waals surface area contributed by atoms with Crippen molar-refractivity contribution in [2.24, 2.45) is 0 Å². The highest BCUT2D eigenvalue weighted by molar-refractivity contribution is 7.99. The molecule has 0 bridgehead atoms. The number of hydrogen-bond donors (Lipinski definition) is 2. The van der Waals surface area contributed by atoms with Crippen molar-refractivity contribution in [3.8, 4) is 17.1 Å². The van der Waals surface area contributed by atoms with Gasteiger partial charge in [0, 0.05) is 21.0 Å². The molecule has 106 valence electrons. The van der Waals surface area contributed by atoms with Crippen LogP contribution in [0, 0.1) is 0 Å². The van der Waals surface area contributed by atoms with Crippen LogP contribution in [-0.2, 0) is 0 Å². The van der Waals surface area contributed by atoms with Crippen molar-refractivity contribution in [2.45, 2.75) is 9.79 Å². The monoisotopic (exact) mass is 299 g/mol. The van der Waals surface area contributed by atoms with Crippen LogP contribution in [0.2, 0.25) is 0 Å². The highest BCUT2D eigenvalue weighted by Crippen LogP contribution is 2.38. The number of nitrogen functional groups attached to an aromatic ring is 1. The first kappa shape index (κ1) is 13.4. The number of methoxy groups -OCH3 is 1. The Morgan fingerprint density at radius 3 is 2.76 bits per heavy atom. The molecule has 6 nitrogen and oxygen atoms in total. The number of aromatic nitrogens is 4. The third-order valence-electron chi connectivity index (χ3n) is 2.91. The van der Waals surface area contributed by atoms with E-state index in [-0.39, 0.29) is 0 Å². The van der Waals surface area contributed by atoms with Gasteiger partial charge in [-0.2, -0.15) is 5.21 Å². The molecular weight excluding hydrogens is 286 g/mol. The van der Waals surface area contributed by atoms with Crippen molar-refractivity contribution in [3.05, 3.63) is 42.5 Å². The van der Waals surface area contributed by atoms with Crippen LogP contribution in [0.4, 0.5) is 5.69 Å². The molecule has 0 atom stereocenters. The first-order chi connectivity index (χ1) is 10.3. The molecule has 7 heteroatoms. The maximum absolute atomic E-state index is 6.03. The third kappa shape index (κ3) is 2.82. The van der Waals surface area contributed by atoms with Gasteiger partial charge in [-0.3, -0.25) is 0 Å². The van der Waals surface area contributed by atoms with E-state index in [4.69, 9.17) is 10.5 Å². The molecule has 0 saturated carbocycles. The summed E-state index contributed by atoms with van der Waals surface area (Å²) in [5.74, 6) is 1.32. The molecular formula is C14H13N5OS. The standard InChI is InChI=1S/C14H13N5OS/c1-20-9-6-7-11(15)13(8-9)21-12-5-3-2-4-10(12)14-16-18-19-17-14/h2-8H,15H2,1H3,(H,16,17,18,19). The minimum atomic E-state index is 0.555. The summed E-state index contributed by atoms with van der Waals surface area (Å²) in [7, 11) is 1.63. The summed E-state index contributed by atoms with van der Waals surface area (Å²) in [6.45, 7) is 0. The second kappa shape index (κ2) is 5.84. The number of benzene rings is 2. The van der Waals surface area contributed by atoms with Gasteiger partial charge in [-0.1, -0.05) is 23.9 Å². The summed E-state index contributed by atoms with van der Waals surface area (Å²) in [6, 6.07) is 13.4. The van der Waals surface area contributed by atoms with Gasteiger partial charge < -0.3 is 10.5 Å². The molecule has 1 aromatic heterocycles. The van der Waals surface area contributed by atoms with Crippen LogP contribution in [0.15, 0.2) is 52.3 Å². The lowest BCUT2D eigenvalue weighted by atomic mass is 10.2. The lowest BCUT2D eigenvalue weighted by Crippen LogP contribution is -1.91. The molecule has 0 amide bonds. The minimum absolute atomic E-state index is 0.555. The van der Waals surface area contributed by atoms with Crippen molar-refractivity contribution in [1.82, 2.24) is 20.6 Å². The number of nitrogens with one attached hydrogen (secondary N) is 1. The van der Waals surface area contributed by atoms with Gasteiger partial charge in [-0.05, 0) is 35.5 Å². The highest BCUT2D eigenvalue weighted by atomic mass is 32.2. The zero-order chi connectivity index (χ0) is 14.7. The molecule has 0 saturated heterocycles. The maximum atomic E-state index is 6.03. The Labute approximate surface area is 125 Å². The fraction of sp³-hybridized carbons (Fsp3) is 0.0714. The van der Waals surface area contributed by atoms with E-state index < -0.39 is 0 Å². The number of aromatic amines is 1. The Morgan fingerprint density at radius 2 is 2.00 bits per heavy atom. The summed E-state index contributed by atoms with van der Waals surface area (Å²) in [5.41, 5.74) is 7.63. The van der Waals surface area contributed by atoms with Crippen molar-refractivity contribution < 1.29 is 4.74 Å². The summed E-state index contributed by atoms with van der Waals surface area (Å²) in [4.78, 5) is 1.92. The number of nitrogens with two attached hydrogens (primary N) is 1. The van der Waals surface area contributed by atoms with E-state index >= 15 is 0 Å². The van der Waals surface area contributed by atoms with Crippen molar-refractivity contribution >= 4 is 17.4 Å². The second-order valence-electron chi connectivity index (χ2n) is 4.24. The number of ether oxygens (including phenoxy) is 1. The molecule has 0 aliphatic rings. The number of rotatable bonds is 4. The van der Waals surface area contributed by atoms with Crippen LogP contribution in [0.25, 0.3) is 11.4 Å². The Morgan fingerprint density at radius 1 is 1.14 bits per heavy atom. The largest absolute Gasteiger partial charge is 0.497 e. The van der Waals surface area contributed by atoms with Crippen LogP contribution in [-0.4, -0.2) is 27.7 Å². The normalized spacial score (nSPS) is 10.5. The van der Waals surface area contributed by atoms with E-state index in [1.165, 1.54) is 0 Å². The zero-order valence-corrected chi connectivity index (χ0v) is 12.1. The van der Waals surface area contributed by atoms with Gasteiger partial charge in [0.05, 0.1) is 7.11 Å². The van der Waals surface area contributed by atoms with Crippen LogP contribution >= 0.6 is 11.8 Å². The van der Waals surface area contributed by atoms with Crippen molar-refractivity contribution in [3.63, 3.8) is 0 Å². The van der Waals surface area contributed by atoms with Gasteiger partial charge in [-0.15, -0.1) is 10.2 Å². The number of hydrogen-bond acceptors (Lipinski definition) is 6. The summed E-state index contributed by atoms with van der Waals surface area (Å²) in [6.07, 6.45) is 0. The Hall–Kier alpha value is -2.54. The van der Waals surface area contributed by atoms with Crippen molar-refractivity contribution in [2.75, 3.05) is 12.8 Å². The fourth-order valence-corrected chi connectivity index (χ4v) is 2.88. The molecule has 0 fully saturated rings. The Balaban J connectivity index is 1.99. The summed E-state index contributed by atoms with van der Waals surface area (Å²) in [5, 5.41) is 14.1. The first-order valence-electron chi connectivity index (χ1n) is 6.22.